The summed E-state index contributed by atoms with van der Waals surface area (Å²) in [4.78, 5) is 10.3. The Morgan fingerprint density at radius 3 is 2.60 bits per heavy atom. The number of nitro benzene ring substituents is 1. The van der Waals surface area contributed by atoms with Crippen molar-refractivity contribution in [2.45, 2.75) is 10.9 Å². The van der Waals surface area contributed by atoms with Crippen molar-refractivity contribution in [2.24, 2.45) is 7.05 Å². The van der Waals surface area contributed by atoms with E-state index >= 15 is 0 Å². The Bertz CT molecular complexity index is 960. The highest BCUT2D eigenvalue weighted by Gasteiger charge is 2.13. The van der Waals surface area contributed by atoms with Crippen LogP contribution < -0.4 is 0 Å². The molecular weight excluding hydrogens is 338 g/mol. The standard InChI is InChI=1S/C17H13N5O2S/c1-21-16(12-6-8-15(9-7-12)22(23)24)19-20-17(21)25-11-14-5-3-2-4-13(14)10-18/h2-9H,11H2,1H3. The lowest BCUT2D eigenvalue weighted by Crippen LogP contribution is -1.96. The number of nitriles is 1. The van der Waals surface area contributed by atoms with Crippen LogP contribution in [0, 0.1) is 21.4 Å². The molecule has 3 rings (SSSR count). The van der Waals surface area contributed by atoms with E-state index in [1.54, 1.807) is 18.2 Å². The van der Waals surface area contributed by atoms with Gasteiger partial charge in [0.2, 0.25) is 0 Å². The molecule has 1 heterocycles. The van der Waals surface area contributed by atoms with Gasteiger partial charge in [-0.1, -0.05) is 30.0 Å². The van der Waals surface area contributed by atoms with Crippen LogP contribution in [0.3, 0.4) is 0 Å². The van der Waals surface area contributed by atoms with E-state index in [1.807, 2.05) is 29.8 Å². The summed E-state index contributed by atoms with van der Waals surface area (Å²) in [5.74, 6) is 1.24. The fraction of sp³-hybridized carbons (Fsp3) is 0.118. The highest BCUT2D eigenvalue weighted by Crippen LogP contribution is 2.27. The van der Waals surface area contributed by atoms with Crippen LogP contribution in [-0.2, 0) is 12.8 Å². The Hall–Kier alpha value is -3.18. The molecule has 25 heavy (non-hydrogen) atoms. The molecule has 0 atom stereocenters. The number of thioether (sulfide) groups is 1. The molecule has 1 aromatic heterocycles. The minimum absolute atomic E-state index is 0.0358. The molecule has 0 spiro atoms. The molecule has 2 aromatic carbocycles. The first-order valence-electron chi connectivity index (χ1n) is 7.35. The van der Waals surface area contributed by atoms with Gasteiger partial charge in [0.25, 0.3) is 5.69 Å². The quantitative estimate of drug-likeness (QED) is 0.396. The summed E-state index contributed by atoms with van der Waals surface area (Å²) in [6.45, 7) is 0. The summed E-state index contributed by atoms with van der Waals surface area (Å²) in [5, 5.41) is 28.9. The third kappa shape index (κ3) is 3.51. The van der Waals surface area contributed by atoms with Crippen LogP contribution in [-0.4, -0.2) is 19.7 Å². The van der Waals surface area contributed by atoms with Gasteiger partial charge in [-0.25, -0.2) is 0 Å². The fourth-order valence-electron chi connectivity index (χ4n) is 2.32. The molecule has 0 saturated carbocycles. The number of benzene rings is 2. The summed E-state index contributed by atoms with van der Waals surface area (Å²) >= 11 is 1.48. The SMILES string of the molecule is Cn1c(SCc2ccccc2C#N)nnc1-c1ccc([N+](=O)[O-])cc1. The molecule has 0 bridgehead atoms. The Morgan fingerprint density at radius 1 is 1.20 bits per heavy atom. The van der Waals surface area contributed by atoms with Gasteiger partial charge in [0.1, 0.15) is 0 Å². The molecule has 0 radical (unpaired) electrons. The van der Waals surface area contributed by atoms with Gasteiger partial charge in [0.15, 0.2) is 11.0 Å². The molecule has 7 nitrogen and oxygen atoms in total. The van der Waals surface area contributed by atoms with E-state index in [1.165, 1.54) is 23.9 Å². The molecule has 0 aliphatic carbocycles. The van der Waals surface area contributed by atoms with E-state index in [-0.39, 0.29) is 5.69 Å². The average molecular weight is 351 g/mol. The van der Waals surface area contributed by atoms with E-state index in [0.29, 0.717) is 22.3 Å². The van der Waals surface area contributed by atoms with Gasteiger partial charge in [-0.15, -0.1) is 10.2 Å². The van der Waals surface area contributed by atoms with Crippen molar-refractivity contribution in [3.8, 4) is 17.5 Å². The van der Waals surface area contributed by atoms with Crippen LogP contribution in [0.5, 0.6) is 0 Å². The summed E-state index contributed by atoms with van der Waals surface area (Å²) in [7, 11) is 1.84. The maximum absolute atomic E-state index is 10.7. The molecular formula is C17H13N5O2S. The van der Waals surface area contributed by atoms with Crippen LogP contribution in [0.15, 0.2) is 53.7 Å². The molecule has 8 heteroatoms. The van der Waals surface area contributed by atoms with Crippen LogP contribution in [0.4, 0.5) is 5.69 Å². The molecule has 0 aliphatic heterocycles. The smallest absolute Gasteiger partial charge is 0.269 e. The summed E-state index contributed by atoms with van der Waals surface area (Å²) in [6.07, 6.45) is 0. The van der Waals surface area contributed by atoms with Crippen molar-refractivity contribution in [1.82, 2.24) is 14.8 Å². The second-order valence-corrected chi connectivity index (χ2v) is 6.17. The predicted octanol–water partition coefficient (Wildman–Crippen LogP) is 3.55. The van der Waals surface area contributed by atoms with E-state index in [4.69, 9.17) is 5.26 Å². The average Bonchev–Trinajstić information content (AvgIpc) is 3.01. The van der Waals surface area contributed by atoms with Crippen molar-refractivity contribution in [3.63, 3.8) is 0 Å². The van der Waals surface area contributed by atoms with Crippen LogP contribution in [0.2, 0.25) is 0 Å². The summed E-state index contributed by atoms with van der Waals surface area (Å²) in [5.41, 5.74) is 2.38. The minimum Gasteiger partial charge on any atom is -0.305 e. The zero-order chi connectivity index (χ0) is 17.8. The van der Waals surface area contributed by atoms with E-state index in [2.05, 4.69) is 16.3 Å². The fourth-order valence-corrected chi connectivity index (χ4v) is 3.24. The lowest BCUT2D eigenvalue weighted by molar-refractivity contribution is -0.384. The van der Waals surface area contributed by atoms with Crippen LogP contribution >= 0.6 is 11.8 Å². The lowest BCUT2D eigenvalue weighted by Gasteiger charge is -2.05. The molecule has 0 N–H and O–H groups in total. The Morgan fingerprint density at radius 2 is 1.92 bits per heavy atom. The van der Waals surface area contributed by atoms with Gasteiger partial charge in [0, 0.05) is 30.5 Å². The van der Waals surface area contributed by atoms with Crippen molar-refractivity contribution in [1.29, 1.82) is 5.26 Å². The van der Waals surface area contributed by atoms with E-state index in [0.717, 1.165) is 11.1 Å². The minimum atomic E-state index is -0.436. The summed E-state index contributed by atoms with van der Waals surface area (Å²) in [6, 6.07) is 15.8. The van der Waals surface area contributed by atoms with Gasteiger partial charge >= 0.3 is 0 Å². The molecule has 3 aromatic rings. The predicted molar refractivity (Wildman–Crippen MR) is 93.8 cm³/mol. The normalized spacial score (nSPS) is 10.4. The highest BCUT2D eigenvalue weighted by atomic mass is 32.2. The zero-order valence-corrected chi connectivity index (χ0v) is 14.1. The zero-order valence-electron chi connectivity index (χ0n) is 13.3. The van der Waals surface area contributed by atoms with Crippen molar-refractivity contribution >= 4 is 17.4 Å². The third-order valence-electron chi connectivity index (χ3n) is 3.67. The second kappa shape index (κ2) is 7.15. The van der Waals surface area contributed by atoms with Gasteiger partial charge in [-0.3, -0.25) is 10.1 Å². The number of nitro groups is 1. The Kier molecular flexibility index (Phi) is 4.77. The van der Waals surface area contributed by atoms with E-state index < -0.39 is 4.92 Å². The second-order valence-electron chi connectivity index (χ2n) is 5.23. The topological polar surface area (TPSA) is 97.6 Å². The van der Waals surface area contributed by atoms with Crippen molar-refractivity contribution in [2.75, 3.05) is 0 Å². The number of nitrogens with zero attached hydrogens (tertiary/aromatic N) is 5. The number of hydrogen-bond donors (Lipinski definition) is 0. The molecule has 0 aliphatic rings. The number of hydrogen-bond acceptors (Lipinski definition) is 6. The third-order valence-corrected chi connectivity index (χ3v) is 4.73. The van der Waals surface area contributed by atoms with Gasteiger partial charge in [-0.2, -0.15) is 5.26 Å². The molecule has 0 unspecified atom stereocenters. The Labute approximate surface area is 148 Å². The van der Waals surface area contributed by atoms with Crippen LogP contribution in [0.1, 0.15) is 11.1 Å². The number of rotatable bonds is 5. The maximum atomic E-state index is 10.7. The molecule has 0 fully saturated rings. The van der Waals surface area contributed by atoms with Crippen molar-refractivity contribution < 1.29 is 4.92 Å². The highest BCUT2D eigenvalue weighted by molar-refractivity contribution is 7.98. The molecule has 0 saturated heterocycles. The molecule has 0 amide bonds. The van der Waals surface area contributed by atoms with Crippen molar-refractivity contribution in [3.05, 3.63) is 69.8 Å². The van der Waals surface area contributed by atoms with Gasteiger partial charge < -0.3 is 4.57 Å². The molecule has 124 valence electrons. The summed E-state index contributed by atoms with van der Waals surface area (Å²) < 4.78 is 1.83. The lowest BCUT2D eigenvalue weighted by atomic mass is 10.1. The monoisotopic (exact) mass is 351 g/mol. The van der Waals surface area contributed by atoms with Gasteiger partial charge in [-0.05, 0) is 23.8 Å². The largest absolute Gasteiger partial charge is 0.305 e. The maximum Gasteiger partial charge on any atom is 0.269 e. The first-order chi connectivity index (χ1) is 12.1. The first-order valence-corrected chi connectivity index (χ1v) is 8.33. The number of non-ortho nitro benzene ring substituents is 1. The Balaban J connectivity index is 1.79. The van der Waals surface area contributed by atoms with Crippen LogP contribution in [0.25, 0.3) is 11.4 Å². The first kappa shape index (κ1) is 16.7. The number of aromatic nitrogens is 3. The van der Waals surface area contributed by atoms with Gasteiger partial charge in [0.05, 0.1) is 16.6 Å². The van der Waals surface area contributed by atoms with E-state index in [9.17, 15) is 10.1 Å².